The highest BCUT2D eigenvalue weighted by Crippen LogP contribution is 2.18. The SMILES string of the molecule is CC(=O)Nc1ccc(CC(=O)Nc2nnc(CC(C)C)s2)cc1. The summed E-state index contributed by atoms with van der Waals surface area (Å²) in [5.41, 5.74) is 1.58. The van der Waals surface area contributed by atoms with E-state index in [2.05, 4.69) is 34.7 Å². The van der Waals surface area contributed by atoms with E-state index in [-0.39, 0.29) is 18.2 Å². The summed E-state index contributed by atoms with van der Waals surface area (Å²) in [5, 5.41) is 15.0. The number of benzene rings is 1. The summed E-state index contributed by atoms with van der Waals surface area (Å²) in [4.78, 5) is 23.0. The molecule has 122 valence electrons. The van der Waals surface area contributed by atoms with Crippen LogP contribution in [-0.2, 0) is 22.4 Å². The quantitative estimate of drug-likeness (QED) is 0.852. The summed E-state index contributed by atoms with van der Waals surface area (Å²) in [7, 11) is 0. The van der Waals surface area contributed by atoms with E-state index in [4.69, 9.17) is 0 Å². The molecule has 0 saturated heterocycles. The predicted molar refractivity (Wildman–Crippen MR) is 91.5 cm³/mol. The Bertz CT molecular complexity index is 680. The van der Waals surface area contributed by atoms with Gasteiger partial charge in [-0.1, -0.05) is 37.3 Å². The molecule has 7 heteroatoms. The first-order valence-electron chi connectivity index (χ1n) is 7.41. The van der Waals surface area contributed by atoms with Gasteiger partial charge in [-0.2, -0.15) is 0 Å². The standard InChI is InChI=1S/C16H20N4O2S/c1-10(2)8-15-19-20-16(23-15)18-14(22)9-12-4-6-13(7-5-12)17-11(3)21/h4-7,10H,8-9H2,1-3H3,(H,17,21)(H,18,20,22). The van der Waals surface area contributed by atoms with E-state index >= 15 is 0 Å². The van der Waals surface area contributed by atoms with E-state index < -0.39 is 0 Å². The van der Waals surface area contributed by atoms with Crippen LogP contribution in [-0.4, -0.2) is 22.0 Å². The second kappa shape index (κ2) is 7.82. The van der Waals surface area contributed by atoms with Crippen LogP contribution in [0.4, 0.5) is 10.8 Å². The molecule has 1 aromatic heterocycles. The molecule has 0 aliphatic heterocycles. The van der Waals surface area contributed by atoms with Crippen LogP contribution in [0.25, 0.3) is 0 Å². The van der Waals surface area contributed by atoms with Gasteiger partial charge in [0, 0.05) is 19.0 Å². The van der Waals surface area contributed by atoms with Crippen molar-refractivity contribution in [2.45, 2.75) is 33.6 Å². The lowest BCUT2D eigenvalue weighted by molar-refractivity contribution is -0.116. The first-order valence-corrected chi connectivity index (χ1v) is 8.23. The largest absolute Gasteiger partial charge is 0.326 e. The molecule has 0 saturated carbocycles. The Morgan fingerprint density at radius 3 is 2.43 bits per heavy atom. The molecule has 1 aromatic carbocycles. The van der Waals surface area contributed by atoms with Gasteiger partial charge in [0.1, 0.15) is 5.01 Å². The van der Waals surface area contributed by atoms with Crippen molar-refractivity contribution in [2.75, 3.05) is 10.6 Å². The Morgan fingerprint density at radius 1 is 1.13 bits per heavy atom. The second-order valence-corrected chi connectivity index (χ2v) is 6.76. The van der Waals surface area contributed by atoms with Gasteiger partial charge in [0.05, 0.1) is 6.42 Å². The molecule has 0 spiro atoms. The Kier molecular flexibility index (Phi) is 5.81. The molecule has 2 rings (SSSR count). The van der Waals surface area contributed by atoms with E-state index in [1.807, 2.05) is 12.1 Å². The number of carbonyl (C=O) groups is 2. The molecule has 0 aliphatic rings. The van der Waals surface area contributed by atoms with Crippen molar-refractivity contribution in [3.63, 3.8) is 0 Å². The molecule has 0 bridgehead atoms. The zero-order chi connectivity index (χ0) is 16.8. The van der Waals surface area contributed by atoms with Gasteiger partial charge in [0.25, 0.3) is 0 Å². The Labute approximate surface area is 139 Å². The van der Waals surface area contributed by atoms with Gasteiger partial charge >= 0.3 is 0 Å². The van der Waals surface area contributed by atoms with Gasteiger partial charge in [0.2, 0.25) is 16.9 Å². The molecule has 6 nitrogen and oxygen atoms in total. The third-order valence-corrected chi connectivity index (χ3v) is 3.80. The number of nitrogens with one attached hydrogen (secondary N) is 2. The van der Waals surface area contributed by atoms with Crippen LogP contribution in [0.2, 0.25) is 0 Å². The Balaban J connectivity index is 1.89. The average Bonchev–Trinajstić information content (AvgIpc) is 2.86. The molecular weight excluding hydrogens is 312 g/mol. The van der Waals surface area contributed by atoms with Crippen LogP contribution in [0.1, 0.15) is 31.3 Å². The number of amides is 2. The van der Waals surface area contributed by atoms with Crippen LogP contribution in [0.15, 0.2) is 24.3 Å². The van der Waals surface area contributed by atoms with Crippen molar-refractivity contribution in [2.24, 2.45) is 5.92 Å². The maximum Gasteiger partial charge on any atom is 0.230 e. The van der Waals surface area contributed by atoms with Crippen LogP contribution < -0.4 is 10.6 Å². The fourth-order valence-electron chi connectivity index (χ4n) is 1.99. The molecule has 2 aromatic rings. The first kappa shape index (κ1) is 17.1. The number of rotatable bonds is 6. The molecular formula is C16H20N4O2S. The minimum Gasteiger partial charge on any atom is -0.326 e. The van der Waals surface area contributed by atoms with E-state index in [9.17, 15) is 9.59 Å². The summed E-state index contributed by atoms with van der Waals surface area (Å²) in [5.74, 6) is 0.252. The summed E-state index contributed by atoms with van der Waals surface area (Å²) < 4.78 is 0. The number of hydrogen-bond donors (Lipinski definition) is 2. The van der Waals surface area contributed by atoms with Crippen LogP contribution >= 0.6 is 11.3 Å². The number of nitrogens with zero attached hydrogens (tertiary/aromatic N) is 2. The lowest BCUT2D eigenvalue weighted by atomic mass is 10.1. The zero-order valence-corrected chi connectivity index (χ0v) is 14.2. The summed E-state index contributed by atoms with van der Waals surface area (Å²) in [6.45, 7) is 5.69. The molecule has 0 unspecified atom stereocenters. The maximum absolute atomic E-state index is 12.0. The third kappa shape index (κ3) is 5.78. The average molecular weight is 332 g/mol. The van der Waals surface area contributed by atoms with Crippen LogP contribution in [0, 0.1) is 5.92 Å². The van der Waals surface area contributed by atoms with Crippen LogP contribution in [0.3, 0.4) is 0 Å². The minimum absolute atomic E-state index is 0.121. The predicted octanol–water partition coefficient (Wildman–Crippen LogP) is 2.88. The summed E-state index contributed by atoms with van der Waals surface area (Å²) in [6, 6.07) is 7.18. The van der Waals surface area contributed by atoms with Crippen LogP contribution in [0.5, 0.6) is 0 Å². The maximum atomic E-state index is 12.0. The molecule has 23 heavy (non-hydrogen) atoms. The van der Waals surface area contributed by atoms with E-state index in [0.717, 1.165) is 17.0 Å². The molecule has 1 heterocycles. The monoisotopic (exact) mass is 332 g/mol. The number of anilines is 2. The van der Waals surface area contributed by atoms with Crippen molar-refractivity contribution >= 4 is 34.0 Å². The summed E-state index contributed by atoms with van der Waals surface area (Å²) in [6.07, 6.45) is 1.11. The van der Waals surface area contributed by atoms with Crippen molar-refractivity contribution in [1.29, 1.82) is 0 Å². The first-order chi connectivity index (χ1) is 10.9. The van der Waals surface area contributed by atoms with Gasteiger partial charge in [-0.3, -0.25) is 9.59 Å². The normalized spacial score (nSPS) is 10.6. The topological polar surface area (TPSA) is 84.0 Å². The second-order valence-electron chi connectivity index (χ2n) is 5.70. The third-order valence-electron chi connectivity index (χ3n) is 2.94. The summed E-state index contributed by atoms with van der Waals surface area (Å²) >= 11 is 1.41. The molecule has 0 radical (unpaired) electrons. The van der Waals surface area contributed by atoms with Gasteiger partial charge in [-0.05, 0) is 23.6 Å². The van der Waals surface area contributed by atoms with Gasteiger partial charge < -0.3 is 10.6 Å². The molecule has 0 atom stereocenters. The Hall–Kier alpha value is -2.28. The highest BCUT2D eigenvalue weighted by molar-refractivity contribution is 7.15. The van der Waals surface area contributed by atoms with E-state index in [0.29, 0.717) is 16.7 Å². The van der Waals surface area contributed by atoms with E-state index in [1.165, 1.54) is 18.3 Å². The molecule has 2 amide bonds. The zero-order valence-electron chi connectivity index (χ0n) is 13.4. The molecule has 0 fully saturated rings. The smallest absolute Gasteiger partial charge is 0.230 e. The fraction of sp³-hybridized carbons (Fsp3) is 0.375. The highest BCUT2D eigenvalue weighted by atomic mass is 32.1. The fourth-order valence-corrected chi connectivity index (χ4v) is 2.96. The number of hydrogen-bond acceptors (Lipinski definition) is 5. The molecule has 0 aliphatic carbocycles. The lowest BCUT2D eigenvalue weighted by Gasteiger charge is -2.04. The van der Waals surface area contributed by atoms with Gasteiger partial charge in [-0.25, -0.2) is 0 Å². The molecule has 2 N–H and O–H groups in total. The van der Waals surface area contributed by atoms with Gasteiger partial charge in [0.15, 0.2) is 0 Å². The highest BCUT2D eigenvalue weighted by Gasteiger charge is 2.10. The Morgan fingerprint density at radius 2 is 1.83 bits per heavy atom. The lowest BCUT2D eigenvalue weighted by Crippen LogP contribution is -2.14. The van der Waals surface area contributed by atoms with Gasteiger partial charge in [-0.15, -0.1) is 10.2 Å². The van der Waals surface area contributed by atoms with E-state index in [1.54, 1.807) is 12.1 Å². The van der Waals surface area contributed by atoms with Crippen molar-refractivity contribution in [3.05, 3.63) is 34.8 Å². The van der Waals surface area contributed by atoms with Crippen molar-refractivity contribution in [3.8, 4) is 0 Å². The van der Waals surface area contributed by atoms with Crippen molar-refractivity contribution < 1.29 is 9.59 Å². The number of carbonyl (C=O) groups excluding carboxylic acids is 2. The number of aromatic nitrogens is 2. The van der Waals surface area contributed by atoms with Crippen molar-refractivity contribution in [1.82, 2.24) is 10.2 Å². The minimum atomic E-state index is -0.135.